The molecule has 0 spiro atoms. The van der Waals surface area contributed by atoms with Crippen molar-refractivity contribution in [2.45, 2.75) is 13.3 Å². The van der Waals surface area contributed by atoms with Crippen molar-refractivity contribution in [3.63, 3.8) is 0 Å². The quantitative estimate of drug-likeness (QED) is 0.707. The average Bonchev–Trinajstić information content (AvgIpc) is 2.80. The van der Waals surface area contributed by atoms with Gasteiger partial charge in [0, 0.05) is 18.6 Å². The van der Waals surface area contributed by atoms with Crippen molar-refractivity contribution in [3.8, 4) is 0 Å². The van der Waals surface area contributed by atoms with Crippen molar-refractivity contribution < 1.29 is 0 Å². The smallest absolute Gasteiger partial charge is 0.00879 e. The highest BCUT2D eigenvalue weighted by Crippen LogP contribution is 2.07. The summed E-state index contributed by atoms with van der Waals surface area (Å²) >= 11 is 0. The molecule has 1 nitrogen and oxygen atoms in total. The van der Waals surface area contributed by atoms with Gasteiger partial charge in [-0.25, -0.2) is 0 Å². The van der Waals surface area contributed by atoms with Crippen LogP contribution in [0.4, 0.5) is 0 Å². The third-order valence-electron chi connectivity index (χ3n) is 2.45. The third kappa shape index (κ3) is 2.59. The predicted molar refractivity (Wildman–Crippen MR) is 65.5 cm³/mol. The number of benzene rings is 1. The van der Waals surface area contributed by atoms with E-state index in [2.05, 4.69) is 43.5 Å². The summed E-state index contributed by atoms with van der Waals surface area (Å²) in [6, 6.07) is 12.7. The molecule has 0 radical (unpaired) electrons. The molecule has 1 heteroatoms. The van der Waals surface area contributed by atoms with Gasteiger partial charge in [-0.2, -0.15) is 0 Å². The van der Waals surface area contributed by atoms with Crippen molar-refractivity contribution in [2.24, 2.45) is 0 Å². The molecule has 15 heavy (non-hydrogen) atoms. The Bertz CT molecular complexity index is 421. The summed E-state index contributed by atoms with van der Waals surface area (Å²) in [6.07, 6.45) is 9.32. The van der Waals surface area contributed by atoms with Crippen LogP contribution in [0.25, 0.3) is 12.3 Å². The molecular formula is C14H15N. The van der Waals surface area contributed by atoms with Crippen LogP contribution in [-0.4, -0.2) is 4.57 Å². The first-order valence-corrected chi connectivity index (χ1v) is 5.28. The van der Waals surface area contributed by atoms with Gasteiger partial charge in [0.25, 0.3) is 0 Å². The summed E-state index contributed by atoms with van der Waals surface area (Å²) in [5, 5.41) is 0. The van der Waals surface area contributed by atoms with Gasteiger partial charge in [0.1, 0.15) is 0 Å². The maximum absolute atomic E-state index is 2.18. The Hall–Kier alpha value is -1.76. The van der Waals surface area contributed by atoms with Gasteiger partial charge in [-0.05, 0) is 35.8 Å². The molecule has 0 aliphatic heterocycles. The van der Waals surface area contributed by atoms with E-state index in [1.54, 1.807) is 0 Å². The van der Waals surface area contributed by atoms with Gasteiger partial charge in [0.05, 0.1) is 0 Å². The summed E-state index contributed by atoms with van der Waals surface area (Å²) in [5.74, 6) is 0. The molecule has 0 unspecified atom stereocenters. The topological polar surface area (TPSA) is 4.93 Å². The van der Waals surface area contributed by atoms with E-state index >= 15 is 0 Å². The van der Waals surface area contributed by atoms with E-state index in [4.69, 9.17) is 0 Å². The minimum Gasteiger partial charge on any atom is -0.331 e. The normalized spacial score (nSPS) is 11.0. The minimum atomic E-state index is 1.10. The second-order valence-corrected chi connectivity index (χ2v) is 3.54. The van der Waals surface area contributed by atoms with Gasteiger partial charge in [0.15, 0.2) is 0 Å². The van der Waals surface area contributed by atoms with Crippen LogP contribution in [0.5, 0.6) is 0 Å². The molecule has 0 saturated carbocycles. The average molecular weight is 197 g/mol. The van der Waals surface area contributed by atoms with Gasteiger partial charge >= 0.3 is 0 Å². The fourth-order valence-corrected chi connectivity index (χ4v) is 1.48. The molecule has 2 rings (SSSR count). The lowest BCUT2D eigenvalue weighted by molar-refractivity contribution is 1.14. The SMILES string of the molecule is CCc1ccc(/C=C\n2cccc2)cc1. The van der Waals surface area contributed by atoms with E-state index < -0.39 is 0 Å². The maximum atomic E-state index is 2.18. The lowest BCUT2D eigenvalue weighted by Gasteiger charge is -1.97. The summed E-state index contributed by atoms with van der Waals surface area (Å²) in [5.41, 5.74) is 2.62. The van der Waals surface area contributed by atoms with E-state index in [0.29, 0.717) is 0 Å². The molecule has 0 bridgehead atoms. The number of hydrogen-bond acceptors (Lipinski definition) is 0. The van der Waals surface area contributed by atoms with Crippen LogP contribution >= 0.6 is 0 Å². The van der Waals surface area contributed by atoms with Crippen molar-refractivity contribution in [1.29, 1.82) is 0 Å². The Kier molecular flexibility index (Phi) is 3.03. The molecule has 76 valence electrons. The lowest BCUT2D eigenvalue weighted by Crippen LogP contribution is -1.81. The largest absolute Gasteiger partial charge is 0.331 e. The fourth-order valence-electron chi connectivity index (χ4n) is 1.48. The Labute approximate surface area is 90.7 Å². The van der Waals surface area contributed by atoms with Crippen LogP contribution in [0, 0.1) is 0 Å². The molecule has 0 N–H and O–H groups in total. The van der Waals surface area contributed by atoms with Crippen LogP contribution < -0.4 is 0 Å². The van der Waals surface area contributed by atoms with E-state index in [9.17, 15) is 0 Å². The number of nitrogens with zero attached hydrogens (tertiary/aromatic N) is 1. The Morgan fingerprint density at radius 3 is 2.33 bits per heavy atom. The zero-order chi connectivity index (χ0) is 10.5. The molecule has 0 aliphatic rings. The summed E-state index contributed by atoms with van der Waals surface area (Å²) in [7, 11) is 0. The van der Waals surface area contributed by atoms with Gasteiger partial charge in [-0.3, -0.25) is 0 Å². The zero-order valence-corrected chi connectivity index (χ0v) is 8.93. The predicted octanol–water partition coefficient (Wildman–Crippen LogP) is 3.68. The molecule has 2 aromatic rings. The monoisotopic (exact) mass is 197 g/mol. The number of hydrogen-bond donors (Lipinski definition) is 0. The van der Waals surface area contributed by atoms with Crippen LogP contribution in [0.2, 0.25) is 0 Å². The molecule has 1 heterocycles. The first-order chi connectivity index (χ1) is 7.38. The highest BCUT2D eigenvalue weighted by atomic mass is 14.9. The number of aromatic nitrogens is 1. The second kappa shape index (κ2) is 4.65. The highest BCUT2D eigenvalue weighted by Gasteiger charge is 1.88. The summed E-state index contributed by atoms with van der Waals surface area (Å²) in [6.45, 7) is 2.17. The van der Waals surface area contributed by atoms with Crippen molar-refractivity contribution in [2.75, 3.05) is 0 Å². The first kappa shape index (κ1) is 9.78. The van der Waals surface area contributed by atoms with E-state index in [0.717, 1.165) is 6.42 Å². The van der Waals surface area contributed by atoms with Gasteiger partial charge in [-0.1, -0.05) is 31.2 Å². The molecule has 0 fully saturated rings. The van der Waals surface area contributed by atoms with Crippen LogP contribution in [0.15, 0.2) is 48.8 Å². The van der Waals surface area contributed by atoms with E-state index in [-0.39, 0.29) is 0 Å². The maximum Gasteiger partial charge on any atom is 0.00879 e. The Balaban J connectivity index is 2.11. The first-order valence-electron chi connectivity index (χ1n) is 5.28. The second-order valence-electron chi connectivity index (χ2n) is 3.54. The van der Waals surface area contributed by atoms with Crippen LogP contribution in [0.1, 0.15) is 18.1 Å². The molecular weight excluding hydrogens is 182 g/mol. The standard InChI is InChI=1S/C14H15N/c1-2-13-5-7-14(8-6-13)9-12-15-10-3-4-11-15/h3-12H,2H2,1H3/b12-9-. The van der Waals surface area contributed by atoms with E-state index in [1.165, 1.54) is 11.1 Å². The van der Waals surface area contributed by atoms with Crippen molar-refractivity contribution in [3.05, 3.63) is 59.9 Å². The van der Waals surface area contributed by atoms with Gasteiger partial charge in [0.2, 0.25) is 0 Å². The number of rotatable bonds is 3. The third-order valence-corrected chi connectivity index (χ3v) is 2.45. The van der Waals surface area contributed by atoms with Crippen molar-refractivity contribution in [1.82, 2.24) is 4.57 Å². The summed E-state index contributed by atoms with van der Waals surface area (Å²) < 4.78 is 2.04. The minimum absolute atomic E-state index is 1.10. The van der Waals surface area contributed by atoms with E-state index in [1.807, 2.05) is 29.1 Å². The van der Waals surface area contributed by atoms with Crippen LogP contribution in [0.3, 0.4) is 0 Å². The number of aryl methyl sites for hydroxylation is 1. The van der Waals surface area contributed by atoms with Crippen LogP contribution in [-0.2, 0) is 6.42 Å². The van der Waals surface area contributed by atoms with Gasteiger partial charge in [-0.15, -0.1) is 0 Å². The molecule has 0 saturated heterocycles. The lowest BCUT2D eigenvalue weighted by atomic mass is 10.1. The molecule has 0 aliphatic carbocycles. The highest BCUT2D eigenvalue weighted by molar-refractivity contribution is 5.60. The Morgan fingerprint density at radius 1 is 1.07 bits per heavy atom. The Morgan fingerprint density at radius 2 is 1.73 bits per heavy atom. The van der Waals surface area contributed by atoms with Gasteiger partial charge < -0.3 is 4.57 Å². The molecule has 0 atom stereocenters. The fraction of sp³-hybridized carbons (Fsp3) is 0.143. The van der Waals surface area contributed by atoms with Crippen molar-refractivity contribution >= 4 is 12.3 Å². The molecule has 1 aromatic heterocycles. The summed E-state index contributed by atoms with van der Waals surface area (Å²) in [4.78, 5) is 0. The molecule has 1 aromatic carbocycles. The molecule has 0 amide bonds. The zero-order valence-electron chi connectivity index (χ0n) is 8.93.